The lowest BCUT2D eigenvalue weighted by Gasteiger charge is -2.33. The number of hydrogen-bond donors (Lipinski definition) is 1. The van der Waals surface area contributed by atoms with E-state index in [2.05, 4.69) is 27.2 Å². The topological polar surface area (TPSA) is 89.2 Å². The van der Waals surface area contributed by atoms with Gasteiger partial charge in [0.2, 0.25) is 10.0 Å². The van der Waals surface area contributed by atoms with Gasteiger partial charge in [0.25, 0.3) is 0 Å². The highest BCUT2D eigenvalue weighted by molar-refractivity contribution is 7.89. The minimum atomic E-state index is -3.39. The molecule has 0 atom stereocenters. The van der Waals surface area contributed by atoms with Gasteiger partial charge < -0.3 is 4.90 Å². The number of nitrogens with two attached hydrogens (primary N) is 1. The summed E-state index contributed by atoms with van der Waals surface area (Å²) < 4.78 is 22.5. The molecule has 0 radical (unpaired) electrons. The van der Waals surface area contributed by atoms with Crippen molar-refractivity contribution >= 4 is 37.4 Å². The highest BCUT2D eigenvalue weighted by Crippen LogP contribution is 2.33. The van der Waals surface area contributed by atoms with Crippen molar-refractivity contribution in [3.63, 3.8) is 0 Å². The molecular formula is C14H20N4O2S2. The zero-order valence-corrected chi connectivity index (χ0v) is 14.4. The molecule has 2 aromatic rings. The van der Waals surface area contributed by atoms with E-state index in [9.17, 15) is 8.42 Å². The van der Waals surface area contributed by atoms with Gasteiger partial charge >= 0.3 is 0 Å². The van der Waals surface area contributed by atoms with Crippen LogP contribution in [0.4, 0.5) is 5.82 Å². The van der Waals surface area contributed by atoms with Crippen LogP contribution in [0, 0.1) is 19.8 Å². The first kappa shape index (κ1) is 15.6. The molecule has 0 aromatic carbocycles. The van der Waals surface area contributed by atoms with Crippen LogP contribution in [-0.4, -0.2) is 37.2 Å². The Kier molecular flexibility index (Phi) is 4.09. The number of aryl methyl sites for hydroxylation is 2. The first-order chi connectivity index (χ1) is 10.3. The maximum absolute atomic E-state index is 11.2. The smallest absolute Gasteiger partial charge is 0.209 e. The molecule has 2 aromatic heterocycles. The van der Waals surface area contributed by atoms with Crippen molar-refractivity contribution in [3.05, 3.63) is 16.8 Å². The second-order valence-electron chi connectivity index (χ2n) is 5.95. The lowest BCUT2D eigenvalue weighted by molar-refractivity contribution is 0.434. The Morgan fingerprint density at radius 1 is 1.32 bits per heavy atom. The van der Waals surface area contributed by atoms with Crippen molar-refractivity contribution < 1.29 is 8.42 Å². The maximum Gasteiger partial charge on any atom is 0.209 e. The Labute approximate surface area is 134 Å². The van der Waals surface area contributed by atoms with Crippen molar-refractivity contribution in [1.82, 2.24) is 9.97 Å². The molecule has 0 unspecified atom stereocenters. The number of sulfonamides is 1. The molecule has 1 aliphatic heterocycles. The van der Waals surface area contributed by atoms with Crippen molar-refractivity contribution in [3.8, 4) is 0 Å². The van der Waals surface area contributed by atoms with E-state index in [1.54, 1.807) is 11.3 Å². The Balaban J connectivity index is 1.83. The minimum absolute atomic E-state index is 0.0799. The summed E-state index contributed by atoms with van der Waals surface area (Å²) in [4.78, 5) is 12.4. The fourth-order valence-corrected chi connectivity index (χ4v) is 4.99. The summed E-state index contributed by atoms with van der Waals surface area (Å²) in [5, 5.41) is 8.38. The van der Waals surface area contributed by atoms with Crippen LogP contribution in [0.1, 0.15) is 24.2 Å². The SMILES string of the molecule is Cc1nc(N2CCC(CS(N)(=O)=O)CC2)c2c(C)csc2n1. The van der Waals surface area contributed by atoms with Crippen molar-refractivity contribution in [2.24, 2.45) is 11.1 Å². The minimum Gasteiger partial charge on any atom is -0.356 e. The van der Waals surface area contributed by atoms with Gasteiger partial charge in [-0.05, 0) is 43.6 Å². The lowest BCUT2D eigenvalue weighted by atomic mass is 9.99. The van der Waals surface area contributed by atoms with Gasteiger partial charge in [-0.25, -0.2) is 23.5 Å². The summed E-state index contributed by atoms with van der Waals surface area (Å²) in [6.45, 7) is 5.60. The van der Waals surface area contributed by atoms with E-state index in [0.29, 0.717) is 0 Å². The van der Waals surface area contributed by atoms with E-state index in [1.165, 1.54) is 5.56 Å². The molecule has 8 heteroatoms. The predicted octanol–water partition coefficient (Wildman–Crippen LogP) is 1.81. The average Bonchev–Trinajstić information content (AvgIpc) is 2.78. The average molecular weight is 340 g/mol. The fourth-order valence-electron chi connectivity index (χ4n) is 3.03. The molecule has 22 heavy (non-hydrogen) atoms. The van der Waals surface area contributed by atoms with Gasteiger partial charge in [0.1, 0.15) is 16.5 Å². The molecule has 6 nitrogen and oxygen atoms in total. The standard InChI is InChI=1S/C14H20N4O2S2/c1-9-7-21-14-12(9)13(16-10(2)17-14)18-5-3-11(4-6-18)8-22(15,19)20/h7,11H,3-6,8H2,1-2H3,(H2,15,19,20). The number of piperidine rings is 1. The van der Waals surface area contributed by atoms with Gasteiger partial charge in [0.15, 0.2) is 0 Å². The first-order valence-electron chi connectivity index (χ1n) is 7.31. The summed E-state index contributed by atoms with van der Waals surface area (Å²) in [7, 11) is -3.39. The van der Waals surface area contributed by atoms with Gasteiger partial charge in [-0.2, -0.15) is 0 Å². The van der Waals surface area contributed by atoms with Crippen LogP contribution in [0.25, 0.3) is 10.2 Å². The van der Waals surface area contributed by atoms with E-state index in [0.717, 1.165) is 47.8 Å². The molecule has 120 valence electrons. The van der Waals surface area contributed by atoms with Crippen LogP contribution in [0.2, 0.25) is 0 Å². The summed E-state index contributed by atoms with van der Waals surface area (Å²) >= 11 is 1.64. The van der Waals surface area contributed by atoms with E-state index >= 15 is 0 Å². The Morgan fingerprint density at radius 2 is 2.00 bits per heavy atom. The third kappa shape index (κ3) is 3.23. The molecule has 1 saturated heterocycles. The number of rotatable bonds is 3. The number of aromatic nitrogens is 2. The van der Waals surface area contributed by atoms with Gasteiger partial charge in [0, 0.05) is 13.1 Å². The number of anilines is 1. The number of fused-ring (bicyclic) bond motifs is 1. The molecule has 3 heterocycles. The normalized spacial score (nSPS) is 17.3. The molecule has 0 spiro atoms. The number of thiophene rings is 1. The molecule has 2 N–H and O–H groups in total. The van der Waals surface area contributed by atoms with Crippen LogP contribution in [0.3, 0.4) is 0 Å². The van der Waals surface area contributed by atoms with E-state index in [-0.39, 0.29) is 11.7 Å². The highest BCUT2D eigenvalue weighted by Gasteiger charge is 2.25. The van der Waals surface area contributed by atoms with Gasteiger partial charge in [0.05, 0.1) is 11.1 Å². The van der Waals surface area contributed by atoms with E-state index in [4.69, 9.17) is 5.14 Å². The summed E-state index contributed by atoms with van der Waals surface area (Å²) in [5.74, 6) is 1.98. The number of primary sulfonamides is 1. The molecule has 0 saturated carbocycles. The Morgan fingerprint density at radius 3 is 2.64 bits per heavy atom. The highest BCUT2D eigenvalue weighted by atomic mass is 32.2. The Bertz CT molecular complexity index is 793. The third-order valence-corrected chi connectivity index (χ3v) is 6.02. The van der Waals surface area contributed by atoms with Crippen LogP contribution in [0.15, 0.2) is 5.38 Å². The van der Waals surface area contributed by atoms with Crippen molar-refractivity contribution in [1.29, 1.82) is 0 Å². The van der Waals surface area contributed by atoms with Gasteiger partial charge in [-0.3, -0.25) is 0 Å². The zero-order chi connectivity index (χ0) is 15.9. The molecule has 0 amide bonds. The predicted molar refractivity (Wildman–Crippen MR) is 89.8 cm³/mol. The largest absolute Gasteiger partial charge is 0.356 e. The summed E-state index contributed by atoms with van der Waals surface area (Å²) in [5.41, 5.74) is 1.20. The van der Waals surface area contributed by atoms with E-state index in [1.807, 2.05) is 6.92 Å². The Hall–Kier alpha value is -1.25. The van der Waals surface area contributed by atoms with Crippen molar-refractivity contribution in [2.45, 2.75) is 26.7 Å². The molecule has 1 aliphatic rings. The second-order valence-corrected chi connectivity index (χ2v) is 8.47. The first-order valence-corrected chi connectivity index (χ1v) is 9.91. The molecular weight excluding hydrogens is 320 g/mol. The summed E-state index contributed by atoms with van der Waals surface area (Å²) in [6.07, 6.45) is 1.65. The van der Waals surface area contributed by atoms with Crippen LogP contribution in [0.5, 0.6) is 0 Å². The van der Waals surface area contributed by atoms with Crippen LogP contribution >= 0.6 is 11.3 Å². The molecule has 0 bridgehead atoms. The maximum atomic E-state index is 11.2. The molecule has 1 fully saturated rings. The molecule has 3 rings (SSSR count). The quantitative estimate of drug-likeness (QED) is 0.920. The molecule has 0 aliphatic carbocycles. The fraction of sp³-hybridized carbons (Fsp3) is 0.571. The van der Waals surface area contributed by atoms with Crippen LogP contribution in [-0.2, 0) is 10.0 Å². The summed E-state index contributed by atoms with van der Waals surface area (Å²) in [6, 6.07) is 0. The van der Waals surface area contributed by atoms with Gasteiger partial charge in [-0.1, -0.05) is 0 Å². The zero-order valence-electron chi connectivity index (χ0n) is 12.7. The lowest BCUT2D eigenvalue weighted by Crippen LogP contribution is -2.37. The van der Waals surface area contributed by atoms with Crippen LogP contribution < -0.4 is 10.0 Å². The third-order valence-electron chi connectivity index (χ3n) is 4.09. The number of nitrogens with zero attached hydrogens (tertiary/aromatic N) is 3. The number of hydrogen-bond acceptors (Lipinski definition) is 6. The van der Waals surface area contributed by atoms with E-state index < -0.39 is 10.0 Å². The second kappa shape index (κ2) is 5.75. The van der Waals surface area contributed by atoms with Crippen molar-refractivity contribution in [2.75, 3.05) is 23.7 Å². The monoisotopic (exact) mass is 340 g/mol. The van der Waals surface area contributed by atoms with Gasteiger partial charge in [-0.15, -0.1) is 11.3 Å².